The summed E-state index contributed by atoms with van der Waals surface area (Å²) in [5.41, 5.74) is 2.34. The van der Waals surface area contributed by atoms with Crippen LogP contribution in [0, 0.1) is 6.92 Å². The van der Waals surface area contributed by atoms with E-state index in [2.05, 4.69) is 33.0 Å². The molecule has 1 aliphatic heterocycles. The number of carbonyl (C=O) groups excluding carboxylic acids is 1. The monoisotopic (exact) mass is 318 g/mol. The van der Waals surface area contributed by atoms with E-state index in [0.717, 1.165) is 37.9 Å². The number of thiophene rings is 1. The van der Waals surface area contributed by atoms with Gasteiger partial charge in [-0.05, 0) is 49.6 Å². The molecule has 3 heterocycles. The van der Waals surface area contributed by atoms with Crippen LogP contribution in [-0.4, -0.2) is 34.2 Å². The molecule has 2 aromatic heterocycles. The van der Waals surface area contributed by atoms with Gasteiger partial charge in [-0.15, -0.1) is 11.3 Å². The van der Waals surface area contributed by atoms with Crippen LogP contribution in [0.3, 0.4) is 0 Å². The summed E-state index contributed by atoms with van der Waals surface area (Å²) in [5, 5.41) is 12.1. The number of amides is 2. The molecule has 1 unspecified atom stereocenters. The first kappa shape index (κ1) is 15.1. The van der Waals surface area contributed by atoms with Crippen LogP contribution >= 0.6 is 11.3 Å². The zero-order chi connectivity index (χ0) is 15.4. The normalized spacial score (nSPS) is 17.9. The Morgan fingerprint density at radius 3 is 3.23 bits per heavy atom. The Balaban J connectivity index is 1.46. The molecule has 0 saturated carbocycles. The Morgan fingerprint density at radius 1 is 1.59 bits per heavy atom. The van der Waals surface area contributed by atoms with Crippen LogP contribution in [0.5, 0.6) is 0 Å². The fraction of sp³-hybridized carbons (Fsp3) is 0.500. The fourth-order valence-corrected chi connectivity index (χ4v) is 3.86. The van der Waals surface area contributed by atoms with E-state index in [1.807, 2.05) is 18.0 Å². The van der Waals surface area contributed by atoms with Crippen LogP contribution in [0.2, 0.25) is 0 Å². The van der Waals surface area contributed by atoms with Gasteiger partial charge in [-0.2, -0.15) is 5.10 Å². The van der Waals surface area contributed by atoms with Gasteiger partial charge >= 0.3 is 6.03 Å². The number of H-pyrrole nitrogens is 1. The standard InChI is InChI=1S/C16H22N4OS/c1-12-13(11-18-19-12)5-2-8-17-16(21)20-9-3-6-14(20)15-7-4-10-22-15/h4,7,10-11,14H,2-3,5-6,8-9H2,1H3,(H,17,21)(H,18,19). The van der Waals surface area contributed by atoms with Crippen LogP contribution in [0.25, 0.3) is 0 Å². The average molecular weight is 318 g/mol. The van der Waals surface area contributed by atoms with E-state index in [4.69, 9.17) is 0 Å². The van der Waals surface area contributed by atoms with Gasteiger partial charge in [-0.1, -0.05) is 6.07 Å². The summed E-state index contributed by atoms with van der Waals surface area (Å²) in [7, 11) is 0. The molecule has 0 aliphatic carbocycles. The lowest BCUT2D eigenvalue weighted by Crippen LogP contribution is -2.39. The molecule has 0 bridgehead atoms. The quantitative estimate of drug-likeness (QED) is 0.831. The Labute approximate surface area is 134 Å². The first-order valence-corrected chi connectivity index (χ1v) is 8.70. The Morgan fingerprint density at radius 2 is 2.50 bits per heavy atom. The second kappa shape index (κ2) is 6.96. The van der Waals surface area contributed by atoms with Gasteiger partial charge in [0, 0.05) is 23.7 Å². The summed E-state index contributed by atoms with van der Waals surface area (Å²) in [6, 6.07) is 4.51. The number of rotatable bonds is 5. The van der Waals surface area contributed by atoms with Crippen molar-refractivity contribution in [1.29, 1.82) is 0 Å². The maximum Gasteiger partial charge on any atom is 0.317 e. The highest BCUT2D eigenvalue weighted by atomic mass is 32.1. The third kappa shape index (κ3) is 3.32. The van der Waals surface area contributed by atoms with Gasteiger partial charge in [0.1, 0.15) is 0 Å². The van der Waals surface area contributed by atoms with Crippen LogP contribution in [0.15, 0.2) is 23.7 Å². The summed E-state index contributed by atoms with van der Waals surface area (Å²) in [5.74, 6) is 0. The Hall–Kier alpha value is -1.82. The molecular weight excluding hydrogens is 296 g/mol. The summed E-state index contributed by atoms with van der Waals surface area (Å²) in [4.78, 5) is 15.7. The highest BCUT2D eigenvalue weighted by Crippen LogP contribution is 2.34. The molecule has 6 heteroatoms. The number of nitrogens with one attached hydrogen (secondary N) is 2. The van der Waals surface area contributed by atoms with Crippen molar-refractivity contribution in [2.75, 3.05) is 13.1 Å². The summed E-state index contributed by atoms with van der Waals surface area (Å²) >= 11 is 1.74. The molecule has 1 aliphatic rings. The van der Waals surface area contributed by atoms with E-state index in [-0.39, 0.29) is 12.1 Å². The van der Waals surface area contributed by atoms with Crippen molar-refractivity contribution in [2.24, 2.45) is 0 Å². The highest BCUT2D eigenvalue weighted by molar-refractivity contribution is 7.10. The third-order valence-electron chi connectivity index (χ3n) is 4.22. The van der Waals surface area contributed by atoms with Crippen molar-refractivity contribution in [2.45, 2.75) is 38.6 Å². The second-order valence-corrected chi connectivity index (χ2v) is 6.70. The summed E-state index contributed by atoms with van der Waals surface area (Å²) < 4.78 is 0. The van der Waals surface area contributed by atoms with Gasteiger partial charge in [0.25, 0.3) is 0 Å². The summed E-state index contributed by atoms with van der Waals surface area (Å²) in [6.07, 6.45) is 5.90. The number of aromatic nitrogens is 2. The van der Waals surface area contributed by atoms with Crippen molar-refractivity contribution < 1.29 is 4.79 Å². The fourth-order valence-electron chi connectivity index (χ4n) is 2.99. The highest BCUT2D eigenvalue weighted by Gasteiger charge is 2.30. The van der Waals surface area contributed by atoms with E-state index in [1.165, 1.54) is 10.4 Å². The Bertz CT molecular complexity index is 607. The smallest absolute Gasteiger partial charge is 0.317 e. The maximum absolute atomic E-state index is 12.4. The minimum absolute atomic E-state index is 0.0693. The number of nitrogens with zero attached hydrogens (tertiary/aromatic N) is 2. The molecule has 1 atom stereocenters. The number of carbonyl (C=O) groups is 1. The molecule has 0 aromatic carbocycles. The molecule has 2 aromatic rings. The maximum atomic E-state index is 12.4. The van der Waals surface area contributed by atoms with Crippen molar-refractivity contribution in [3.05, 3.63) is 39.8 Å². The average Bonchev–Trinajstić information content (AvgIpc) is 3.24. The number of likely N-dealkylation sites (tertiary alicyclic amines) is 1. The van der Waals surface area contributed by atoms with Gasteiger partial charge in [0.15, 0.2) is 0 Å². The molecule has 1 fully saturated rings. The predicted octanol–water partition coefficient (Wildman–Crippen LogP) is 3.26. The number of urea groups is 1. The molecule has 1 saturated heterocycles. The molecule has 22 heavy (non-hydrogen) atoms. The molecular formula is C16H22N4OS. The molecule has 0 spiro atoms. The van der Waals surface area contributed by atoms with Gasteiger partial charge in [-0.25, -0.2) is 4.79 Å². The van der Waals surface area contributed by atoms with Gasteiger partial charge < -0.3 is 10.2 Å². The van der Waals surface area contributed by atoms with Crippen LogP contribution in [0.1, 0.15) is 41.4 Å². The largest absolute Gasteiger partial charge is 0.338 e. The minimum Gasteiger partial charge on any atom is -0.338 e. The third-order valence-corrected chi connectivity index (χ3v) is 5.19. The summed E-state index contributed by atoms with van der Waals surface area (Å²) in [6.45, 7) is 3.59. The van der Waals surface area contributed by atoms with Crippen LogP contribution < -0.4 is 5.32 Å². The number of hydrogen-bond donors (Lipinski definition) is 2. The molecule has 3 rings (SSSR count). The van der Waals surface area contributed by atoms with Gasteiger partial charge in [0.2, 0.25) is 0 Å². The van der Waals surface area contributed by atoms with Crippen molar-refractivity contribution in [3.63, 3.8) is 0 Å². The lowest BCUT2D eigenvalue weighted by atomic mass is 10.1. The van der Waals surface area contributed by atoms with Crippen LogP contribution in [0.4, 0.5) is 4.79 Å². The molecule has 0 radical (unpaired) electrons. The van der Waals surface area contributed by atoms with E-state index in [9.17, 15) is 4.79 Å². The lowest BCUT2D eigenvalue weighted by molar-refractivity contribution is 0.193. The van der Waals surface area contributed by atoms with E-state index in [1.54, 1.807) is 11.3 Å². The van der Waals surface area contributed by atoms with Gasteiger partial charge in [-0.3, -0.25) is 5.10 Å². The van der Waals surface area contributed by atoms with Crippen molar-refractivity contribution >= 4 is 17.4 Å². The number of aryl methyl sites for hydroxylation is 2. The molecule has 2 amide bonds. The van der Waals surface area contributed by atoms with E-state index >= 15 is 0 Å². The van der Waals surface area contributed by atoms with Crippen molar-refractivity contribution in [3.8, 4) is 0 Å². The molecule has 118 valence electrons. The SMILES string of the molecule is Cc1[nH]ncc1CCCNC(=O)N1CCCC1c1cccs1. The van der Waals surface area contributed by atoms with E-state index < -0.39 is 0 Å². The molecule has 2 N–H and O–H groups in total. The van der Waals surface area contributed by atoms with Gasteiger partial charge in [0.05, 0.1) is 12.2 Å². The minimum atomic E-state index is 0.0693. The van der Waals surface area contributed by atoms with Crippen LogP contribution in [-0.2, 0) is 6.42 Å². The topological polar surface area (TPSA) is 61.0 Å². The molecule has 5 nitrogen and oxygen atoms in total. The zero-order valence-electron chi connectivity index (χ0n) is 12.8. The predicted molar refractivity (Wildman–Crippen MR) is 88.0 cm³/mol. The number of hydrogen-bond acceptors (Lipinski definition) is 3. The number of aromatic amines is 1. The van der Waals surface area contributed by atoms with E-state index in [0.29, 0.717) is 6.54 Å². The zero-order valence-corrected chi connectivity index (χ0v) is 13.7. The first-order valence-electron chi connectivity index (χ1n) is 7.82. The van der Waals surface area contributed by atoms with Crippen molar-refractivity contribution in [1.82, 2.24) is 20.4 Å². The Kier molecular flexibility index (Phi) is 4.77. The lowest BCUT2D eigenvalue weighted by Gasteiger charge is -2.24. The first-order chi connectivity index (χ1) is 10.8. The second-order valence-electron chi connectivity index (χ2n) is 5.72.